The molecule has 2 N–H and O–H groups in total. The summed E-state index contributed by atoms with van der Waals surface area (Å²) in [7, 11) is 2.03. The molecule has 0 heterocycles. The predicted molar refractivity (Wildman–Crippen MR) is 59.1 cm³/mol. The fourth-order valence-electron chi connectivity index (χ4n) is 1.09. The van der Waals surface area contributed by atoms with Crippen molar-refractivity contribution in [2.24, 2.45) is 5.73 Å². The molecule has 0 aliphatic rings. The first-order chi connectivity index (χ1) is 5.91. The second-order valence-electron chi connectivity index (χ2n) is 3.43. The summed E-state index contributed by atoms with van der Waals surface area (Å²) in [5, 5.41) is 0. The highest BCUT2D eigenvalue weighted by Crippen LogP contribution is 2.15. The fraction of sp³-hybridized carbons (Fsp3) is 0.455. The van der Waals surface area contributed by atoms with Crippen LogP contribution in [0.4, 0.5) is 0 Å². The van der Waals surface area contributed by atoms with Crippen LogP contribution in [0.15, 0.2) is 36.2 Å². The summed E-state index contributed by atoms with van der Waals surface area (Å²) in [5.74, 6) is 0. The summed E-state index contributed by atoms with van der Waals surface area (Å²) in [6, 6.07) is 0.453. The van der Waals surface area contributed by atoms with Gasteiger partial charge in [-0.15, -0.1) is 0 Å². The Balaban J connectivity index is 4.96. The van der Waals surface area contributed by atoms with Gasteiger partial charge in [-0.1, -0.05) is 19.2 Å². The molecular formula is C11H20N2. The zero-order valence-electron chi connectivity index (χ0n) is 9.09. The molecule has 0 rings (SSSR count). The Morgan fingerprint density at radius 2 is 1.92 bits per heavy atom. The number of allylic oxidation sites excluding steroid dienone is 2. The van der Waals surface area contributed by atoms with Gasteiger partial charge < -0.3 is 10.6 Å². The Morgan fingerprint density at radius 1 is 1.46 bits per heavy atom. The van der Waals surface area contributed by atoms with E-state index in [0.29, 0.717) is 11.7 Å². The molecule has 0 unspecified atom stereocenters. The van der Waals surface area contributed by atoms with Gasteiger partial charge in [0.25, 0.3) is 0 Å². The lowest BCUT2D eigenvalue weighted by Gasteiger charge is -2.26. The SMILES string of the molecule is C=C/C(C(=C)N)=C(/C)N(C)C(C)C. The van der Waals surface area contributed by atoms with Crippen molar-refractivity contribution in [1.82, 2.24) is 4.90 Å². The Labute approximate surface area is 81.4 Å². The topological polar surface area (TPSA) is 29.3 Å². The van der Waals surface area contributed by atoms with Crippen molar-refractivity contribution in [3.63, 3.8) is 0 Å². The molecule has 2 heteroatoms. The van der Waals surface area contributed by atoms with Crippen molar-refractivity contribution in [3.05, 3.63) is 36.2 Å². The Morgan fingerprint density at radius 3 is 2.15 bits per heavy atom. The Kier molecular flexibility index (Phi) is 4.32. The van der Waals surface area contributed by atoms with Crippen molar-refractivity contribution in [3.8, 4) is 0 Å². The van der Waals surface area contributed by atoms with E-state index in [1.54, 1.807) is 6.08 Å². The van der Waals surface area contributed by atoms with Crippen LogP contribution in [0.25, 0.3) is 0 Å². The van der Waals surface area contributed by atoms with Crippen molar-refractivity contribution >= 4 is 0 Å². The van der Waals surface area contributed by atoms with Crippen LogP contribution in [0, 0.1) is 0 Å². The molecule has 0 atom stereocenters. The van der Waals surface area contributed by atoms with Gasteiger partial charge in [0, 0.05) is 30.1 Å². The van der Waals surface area contributed by atoms with E-state index in [2.05, 4.69) is 31.9 Å². The summed E-state index contributed by atoms with van der Waals surface area (Å²) in [4.78, 5) is 2.15. The molecule has 0 aromatic rings. The molecule has 13 heavy (non-hydrogen) atoms. The average Bonchev–Trinajstić information content (AvgIpc) is 2.03. The molecule has 0 aromatic carbocycles. The zero-order chi connectivity index (χ0) is 10.6. The lowest BCUT2D eigenvalue weighted by atomic mass is 10.1. The van der Waals surface area contributed by atoms with E-state index in [1.807, 2.05) is 14.0 Å². The molecule has 0 saturated carbocycles. The third-order valence-corrected chi connectivity index (χ3v) is 2.24. The summed E-state index contributed by atoms with van der Waals surface area (Å²) in [6.07, 6.45) is 1.75. The van der Waals surface area contributed by atoms with Crippen LogP contribution in [0.2, 0.25) is 0 Å². The summed E-state index contributed by atoms with van der Waals surface area (Å²) < 4.78 is 0. The van der Waals surface area contributed by atoms with Crippen LogP contribution in [-0.4, -0.2) is 18.0 Å². The second kappa shape index (κ2) is 4.75. The van der Waals surface area contributed by atoms with Gasteiger partial charge in [-0.05, 0) is 20.8 Å². The molecule has 0 spiro atoms. The average molecular weight is 180 g/mol. The van der Waals surface area contributed by atoms with Crippen LogP contribution < -0.4 is 5.73 Å². The number of rotatable bonds is 4. The maximum atomic E-state index is 5.64. The third-order valence-electron chi connectivity index (χ3n) is 2.24. The van der Waals surface area contributed by atoms with E-state index in [0.717, 1.165) is 11.3 Å². The normalized spacial score (nSPS) is 12.4. The van der Waals surface area contributed by atoms with Gasteiger partial charge in [-0.25, -0.2) is 0 Å². The molecule has 0 amide bonds. The third kappa shape index (κ3) is 2.98. The van der Waals surface area contributed by atoms with Gasteiger partial charge in [-0.3, -0.25) is 0 Å². The minimum atomic E-state index is 0.453. The highest BCUT2D eigenvalue weighted by atomic mass is 15.1. The van der Waals surface area contributed by atoms with E-state index in [-0.39, 0.29) is 0 Å². The van der Waals surface area contributed by atoms with Gasteiger partial charge in [0.05, 0.1) is 0 Å². The largest absolute Gasteiger partial charge is 0.399 e. The first kappa shape index (κ1) is 11.8. The van der Waals surface area contributed by atoms with Gasteiger partial charge >= 0.3 is 0 Å². The van der Waals surface area contributed by atoms with E-state index < -0.39 is 0 Å². The van der Waals surface area contributed by atoms with Crippen LogP contribution in [0.5, 0.6) is 0 Å². The fourth-order valence-corrected chi connectivity index (χ4v) is 1.09. The highest BCUT2D eigenvalue weighted by Gasteiger charge is 2.08. The summed E-state index contributed by atoms with van der Waals surface area (Å²) >= 11 is 0. The minimum Gasteiger partial charge on any atom is -0.399 e. The van der Waals surface area contributed by atoms with E-state index in [1.165, 1.54) is 0 Å². The quantitative estimate of drug-likeness (QED) is 0.672. The second-order valence-corrected chi connectivity index (χ2v) is 3.43. The molecule has 0 saturated heterocycles. The van der Waals surface area contributed by atoms with E-state index in [4.69, 9.17) is 5.73 Å². The van der Waals surface area contributed by atoms with Crippen molar-refractivity contribution in [2.45, 2.75) is 26.8 Å². The van der Waals surface area contributed by atoms with Crippen LogP contribution >= 0.6 is 0 Å². The smallest absolute Gasteiger partial charge is 0.0331 e. The standard InChI is InChI=1S/C11H20N2/c1-7-11(9(4)12)10(5)13(6)8(2)3/h7-8H,1,4,12H2,2-3,5-6H3/b11-10+. The molecule has 0 fully saturated rings. The molecule has 0 bridgehead atoms. The van der Waals surface area contributed by atoms with E-state index >= 15 is 0 Å². The zero-order valence-corrected chi connectivity index (χ0v) is 9.09. The molecule has 2 nitrogen and oxygen atoms in total. The van der Waals surface area contributed by atoms with Crippen LogP contribution in [0.1, 0.15) is 20.8 Å². The van der Waals surface area contributed by atoms with E-state index in [9.17, 15) is 0 Å². The lowest BCUT2D eigenvalue weighted by molar-refractivity contribution is 0.343. The van der Waals surface area contributed by atoms with Crippen molar-refractivity contribution in [2.75, 3.05) is 7.05 Å². The Bertz CT molecular complexity index is 236. The monoisotopic (exact) mass is 180 g/mol. The van der Waals surface area contributed by atoms with Crippen molar-refractivity contribution in [1.29, 1.82) is 0 Å². The molecule has 0 aromatic heterocycles. The van der Waals surface area contributed by atoms with Crippen molar-refractivity contribution < 1.29 is 0 Å². The number of hydrogen-bond donors (Lipinski definition) is 1. The highest BCUT2D eigenvalue weighted by molar-refractivity contribution is 5.38. The first-order valence-electron chi connectivity index (χ1n) is 4.42. The maximum Gasteiger partial charge on any atom is 0.0331 e. The van der Waals surface area contributed by atoms with Crippen LogP contribution in [0.3, 0.4) is 0 Å². The van der Waals surface area contributed by atoms with Gasteiger partial charge in [0.1, 0.15) is 0 Å². The molecule has 0 aliphatic carbocycles. The molecule has 74 valence electrons. The predicted octanol–water partition coefficient (Wildman–Crippen LogP) is 2.26. The number of hydrogen-bond acceptors (Lipinski definition) is 2. The molecule has 0 aliphatic heterocycles. The number of nitrogens with two attached hydrogens (primary N) is 1. The Hall–Kier alpha value is -1.18. The molecule has 0 radical (unpaired) electrons. The first-order valence-corrected chi connectivity index (χ1v) is 4.42. The van der Waals surface area contributed by atoms with Gasteiger partial charge in [0.2, 0.25) is 0 Å². The summed E-state index contributed by atoms with van der Waals surface area (Å²) in [5.41, 5.74) is 8.24. The van der Waals surface area contributed by atoms with Crippen LogP contribution in [-0.2, 0) is 0 Å². The summed E-state index contributed by atoms with van der Waals surface area (Å²) in [6.45, 7) is 13.7. The molecular weight excluding hydrogens is 160 g/mol. The maximum absolute atomic E-state index is 5.64. The van der Waals surface area contributed by atoms with Gasteiger partial charge in [0.15, 0.2) is 0 Å². The minimum absolute atomic E-state index is 0.453. The lowest BCUT2D eigenvalue weighted by Crippen LogP contribution is -2.25. The number of nitrogens with zero attached hydrogens (tertiary/aromatic N) is 1. The van der Waals surface area contributed by atoms with Gasteiger partial charge in [-0.2, -0.15) is 0 Å².